The molecule has 0 bridgehead atoms. The van der Waals surface area contributed by atoms with Gasteiger partial charge < -0.3 is 4.74 Å². The van der Waals surface area contributed by atoms with Crippen LogP contribution in [0.5, 0.6) is 5.75 Å². The molecule has 5 heteroatoms. The molecule has 0 spiro atoms. The molecule has 0 unspecified atom stereocenters. The molecule has 0 saturated heterocycles. The molecule has 5 nitrogen and oxygen atoms in total. The average molecular weight is 318 g/mol. The molecule has 1 aliphatic carbocycles. The molecule has 0 aliphatic heterocycles. The quantitative estimate of drug-likeness (QED) is 0.625. The van der Waals surface area contributed by atoms with Gasteiger partial charge in [-0.05, 0) is 31.4 Å². The van der Waals surface area contributed by atoms with Crippen molar-refractivity contribution in [1.82, 2.24) is 10.9 Å². The average Bonchev–Trinajstić information content (AvgIpc) is 2.61. The van der Waals surface area contributed by atoms with Gasteiger partial charge in [0.05, 0.1) is 12.2 Å². The highest BCUT2D eigenvalue weighted by molar-refractivity contribution is 5.98. The third-order valence-corrected chi connectivity index (χ3v) is 4.16. The minimum absolute atomic E-state index is 0.0140. The fourth-order valence-electron chi connectivity index (χ4n) is 2.76. The molecule has 0 heterocycles. The summed E-state index contributed by atoms with van der Waals surface area (Å²) in [6.07, 6.45) is 7.13. The second-order valence-corrected chi connectivity index (χ2v) is 5.98. The van der Waals surface area contributed by atoms with Gasteiger partial charge in [-0.25, -0.2) is 0 Å². The van der Waals surface area contributed by atoms with Gasteiger partial charge in [0.1, 0.15) is 5.75 Å². The first-order valence-corrected chi connectivity index (χ1v) is 8.54. The van der Waals surface area contributed by atoms with Crippen molar-refractivity contribution in [3.8, 4) is 5.75 Å². The van der Waals surface area contributed by atoms with Crippen molar-refractivity contribution in [2.24, 2.45) is 5.92 Å². The Morgan fingerprint density at radius 3 is 2.61 bits per heavy atom. The lowest BCUT2D eigenvalue weighted by Crippen LogP contribution is -2.45. The van der Waals surface area contributed by atoms with Crippen molar-refractivity contribution in [2.45, 2.75) is 51.9 Å². The molecular formula is C18H26N2O3. The zero-order chi connectivity index (χ0) is 16.5. The summed E-state index contributed by atoms with van der Waals surface area (Å²) in [6.45, 7) is 2.66. The van der Waals surface area contributed by atoms with Gasteiger partial charge >= 0.3 is 0 Å². The number of ether oxygens (including phenoxy) is 1. The Bertz CT molecular complexity index is 525. The van der Waals surface area contributed by atoms with Gasteiger partial charge in [-0.1, -0.05) is 44.7 Å². The Morgan fingerprint density at radius 2 is 1.87 bits per heavy atom. The lowest BCUT2D eigenvalue weighted by molar-refractivity contribution is -0.126. The van der Waals surface area contributed by atoms with Crippen LogP contribution in [-0.2, 0) is 4.79 Å². The number of amides is 2. The molecule has 1 saturated carbocycles. The van der Waals surface area contributed by atoms with Crippen LogP contribution in [0.2, 0.25) is 0 Å². The van der Waals surface area contributed by atoms with Crippen LogP contribution in [0, 0.1) is 5.92 Å². The topological polar surface area (TPSA) is 67.4 Å². The van der Waals surface area contributed by atoms with E-state index < -0.39 is 0 Å². The fourth-order valence-corrected chi connectivity index (χ4v) is 2.76. The highest BCUT2D eigenvalue weighted by atomic mass is 16.5. The largest absolute Gasteiger partial charge is 0.493 e. The maximum absolute atomic E-state index is 12.3. The van der Waals surface area contributed by atoms with E-state index in [1.165, 1.54) is 6.42 Å². The number of benzene rings is 1. The third kappa shape index (κ3) is 5.27. The fraction of sp³-hybridized carbons (Fsp3) is 0.556. The Kier molecular flexibility index (Phi) is 6.91. The van der Waals surface area contributed by atoms with Crippen molar-refractivity contribution < 1.29 is 14.3 Å². The molecule has 1 aromatic rings. The molecule has 1 aromatic carbocycles. The van der Waals surface area contributed by atoms with E-state index in [-0.39, 0.29) is 17.7 Å². The first kappa shape index (κ1) is 17.3. The van der Waals surface area contributed by atoms with Crippen LogP contribution < -0.4 is 15.6 Å². The summed E-state index contributed by atoms with van der Waals surface area (Å²) in [5.41, 5.74) is 5.50. The number of hydrazine groups is 1. The molecule has 0 atom stereocenters. The second-order valence-electron chi connectivity index (χ2n) is 5.98. The van der Waals surface area contributed by atoms with Crippen LogP contribution in [0.1, 0.15) is 62.2 Å². The van der Waals surface area contributed by atoms with E-state index in [9.17, 15) is 9.59 Å². The van der Waals surface area contributed by atoms with Gasteiger partial charge in [0.2, 0.25) is 5.91 Å². The molecule has 2 amide bonds. The SMILES string of the molecule is CCCCOc1ccccc1C(=O)NNC(=O)C1CCCCC1. The van der Waals surface area contributed by atoms with E-state index in [0.717, 1.165) is 38.5 Å². The lowest BCUT2D eigenvalue weighted by atomic mass is 9.89. The predicted molar refractivity (Wildman–Crippen MR) is 89.0 cm³/mol. The zero-order valence-corrected chi connectivity index (χ0v) is 13.8. The van der Waals surface area contributed by atoms with E-state index in [0.29, 0.717) is 17.9 Å². The molecule has 2 N–H and O–H groups in total. The summed E-state index contributed by atoms with van der Waals surface area (Å²) >= 11 is 0. The maximum Gasteiger partial charge on any atom is 0.273 e. The van der Waals surface area contributed by atoms with Gasteiger partial charge in [0.25, 0.3) is 5.91 Å². The molecule has 0 aromatic heterocycles. The zero-order valence-electron chi connectivity index (χ0n) is 13.8. The van der Waals surface area contributed by atoms with Gasteiger partial charge in [0, 0.05) is 5.92 Å². The van der Waals surface area contributed by atoms with Crippen LogP contribution in [0.4, 0.5) is 0 Å². The number of para-hydroxylation sites is 1. The number of unbranched alkanes of at least 4 members (excludes halogenated alkanes) is 1. The van der Waals surface area contributed by atoms with Gasteiger partial charge in [-0.2, -0.15) is 0 Å². The number of hydrogen-bond donors (Lipinski definition) is 2. The number of nitrogens with one attached hydrogen (secondary N) is 2. The molecule has 23 heavy (non-hydrogen) atoms. The third-order valence-electron chi connectivity index (χ3n) is 4.16. The van der Waals surface area contributed by atoms with Crippen LogP contribution in [0.15, 0.2) is 24.3 Å². The van der Waals surface area contributed by atoms with Crippen molar-refractivity contribution in [2.75, 3.05) is 6.61 Å². The Morgan fingerprint density at radius 1 is 1.13 bits per heavy atom. The smallest absolute Gasteiger partial charge is 0.273 e. The van der Waals surface area contributed by atoms with Crippen molar-refractivity contribution in [1.29, 1.82) is 0 Å². The molecule has 1 fully saturated rings. The van der Waals surface area contributed by atoms with Crippen LogP contribution in [0.25, 0.3) is 0 Å². The summed E-state index contributed by atoms with van der Waals surface area (Å²) in [4.78, 5) is 24.4. The number of carbonyl (C=O) groups excluding carboxylic acids is 2. The van der Waals surface area contributed by atoms with Gasteiger partial charge in [-0.3, -0.25) is 20.4 Å². The van der Waals surface area contributed by atoms with E-state index in [2.05, 4.69) is 17.8 Å². The Labute approximate surface area is 137 Å². The number of carbonyl (C=O) groups is 2. The van der Waals surface area contributed by atoms with Crippen molar-refractivity contribution in [3.05, 3.63) is 29.8 Å². The van der Waals surface area contributed by atoms with E-state index in [4.69, 9.17) is 4.74 Å². The summed E-state index contributed by atoms with van der Waals surface area (Å²) < 4.78 is 5.65. The first-order valence-electron chi connectivity index (χ1n) is 8.54. The van der Waals surface area contributed by atoms with Crippen molar-refractivity contribution in [3.63, 3.8) is 0 Å². The van der Waals surface area contributed by atoms with E-state index >= 15 is 0 Å². The number of hydrogen-bond acceptors (Lipinski definition) is 3. The van der Waals surface area contributed by atoms with Crippen molar-refractivity contribution >= 4 is 11.8 Å². The van der Waals surface area contributed by atoms with Crippen LogP contribution in [-0.4, -0.2) is 18.4 Å². The maximum atomic E-state index is 12.3. The highest BCUT2D eigenvalue weighted by Gasteiger charge is 2.21. The summed E-state index contributed by atoms with van der Waals surface area (Å²) in [5, 5.41) is 0. The first-order chi connectivity index (χ1) is 11.2. The summed E-state index contributed by atoms with van der Waals surface area (Å²) in [6, 6.07) is 7.08. The minimum atomic E-state index is -0.346. The molecular weight excluding hydrogens is 292 g/mol. The lowest BCUT2D eigenvalue weighted by Gasteiger charge is -2.21. The van der Waals surface area contributed by atoms with E-state index in [1.807, 2.05) is 6.07 Å². The second kappa shape index (κ2) is 9.18. The Hall–Kier alpha value is -2.04. The minimum Gasteiger partial charge on any atom is -0.493 e. The van der Waals surface area contributed by atoms with Gasteiger partial charge in [-0.15, -0.1) is 0 Å². The molecule has 2 rings (SSSR count). The summed E-state index contributed by atoms with van der Waals surface area (Å²) in [7, 11) is 0. The Balaban J connectivity index is 1.88. The predicted octanol–water partition coefficient (Wildman–Crippen LogP) is 3.21. The molecule has 1 aliphatic rings. The monoisotopic (exact) mass is 318 g/mol. The highest BCUT2D eigenvalue weighted by Crippen LogP contribution is 2.23. The molecule has 126 valence electrons. The van der Waals surface area contributed by atoms with Gasteiger partial charge in [0.15, 0.2) is 0 Å². The summed E-state index contributed by atoms with van der Waals surface area (Å²) in [5.74, 6) is 0.120. The number of rotatable bonds is 6. The van der Waals surface area contributed by atoms with Crippen LogP contribution in [0.3, 0.4) is 0 Å². The molecule has 0 radical (unpaired) electrons. The normalized spacial score (nSPS) is 15.0. The standard InChI is InChI=1S/C18H26N2O3/c1-2-3-13-23-16-12-8-7-11-15(16)18(22)20-19-17(21)14-9-5-4-6-10-14/h7-8,11-12,14H,2-6,9-10,13H2,1H3,(H,19,21)(H,20,22). The van der Waals surface area contributed by atoms with E-state index in [1.54, 1.807) is 18.2 Å². The van der Waals surface area contributed by atoms with Crippen LogP contribution >= 0.6 is 0 Å².